The smallest absolute Gasteiger partial charge is 0.264 e. The van der Waals surface area contributed by atoms with E-state index in [-0.39, 0.29) is 24.7 Å². The maximum Gasteiger partial charge on any atom is 0.264 e. The van der Waals surface area contributed by atoms with E-state index in [1.807, 2.05) is 30.3 Å². The van der Waals surface area contributed by atoms with E-state index in [4.69, 9.17) is 10.6 Å². The van der Waals surface area contributed by atoms with Gasteiger partial charge in [-0.15, -0.1) is 12.4 Å². The van der Waals surface area contributed by atoms with Crippen LogP contribution in [0, 0.1) is 17.8 Å². The molecule has 0 aliphatic carbocycles. The summed E-state index contributed by atoms with van der Waals surface area (Å²) in [5.41, 5.74) is 6.89. The minimum absolute atomic E-state index is 0. The lowest BCUT2D eigenvalue weighted by molar-refractivity contribution is -0.181. The molecule has 2 rings (SSSR count). The molecule has 1 aromatic carbocycles. The van der Waals surface area contributed by atoms with Crippen LogP contribution in [0.2, 0.25) is 0 Å². The highest BCUT2D eigenvalue weighted by atomic mass is 35.5. The third-order valence-corrected chi connectivity index (χ3v) is 4.97. The Bertz CT molecular complexity index is 756. The number of hydrogen-bond acceptors (Lipinski definition) is 6. The summed E-state index contributed by atoms with van der Waals surface area (Å²) < 4.78 is 0. The van der Waals surface area contributed by atoms with Crippen LogP contribution in [0.15, 0.2) is 30.3 Å². The predicted octanol–water partition coefficient (Wildman–Crippen LogP) is 1.39. The molecule has 0 unspecified atom stereocenters. The van der Waals surface area contributed by atoms with Crippen molar-refractivity contribution >= 4 is 35.9 Å². The lowest BCUT2D eigenvalue weighted by atomic mass is 9.85. The van der Waals surface area contributed by atoms with Crippen molar-refractivity contribution in [3.8, 4) is 0 Å². The summed E-state index contributed by atoms with van der Waals surface area (Å²) in [6.45, 7) is 5.03. The normalized spacial score (nSPS) is 21.0. The highest BCUT2D eigenvalue weighted by molar-refractivity contribution is 6.16. The van der Waals surface area contributed by atoms with Crippen LogP contribution >= 0.6 is 12.4 Å². The molecular formula is C20H28ClN3O5. The van der Waals surface area contributed by atoms with E-state index in [1.165, 1.54) is 14.0 Å². The Hall–Kier alpha value is -2.29. The van der Waals surface area contributed by atoms with Crippen LogP contribution in [0.25, 0.3) is 0 Å². The Morgan fingerprint density at radius 3 is 2.24 bits per heavy atom. The van der Waals surface area contributed by atoms with Gasteiger partial charge in [-0.05, 0) is 11.5 Å². The zero-order valence-electron chi connectivity index (χ0n) is 17.0. The number of halogens is 1. The van der Waals surface area contributed by atoms with Crippen molar-refractivity contribution in [2.24, 2.45) is 23.5 Å². The van der Waals surface area contributed by atoms with Crippen LogP contribution in [-0.4, -0.2) is 41.7 Å². The number of ketones is 1. The molecule has 0 aromatic heterocycles. The first-order valence-electron chi connectivity index (χ1n) is 9.24. The van der Waals surface area contributed by atoms with Gasteiger partial charge >= 0.3 is 0 Å². The molecular weight excluding hydrogens is 398 g/mol. The number of imide groups is 1. The molecule has 0 saturated carbocycles. The Morgan fingerprint density at radius 1 is 1.17 bits per heavy atom. The summed E-state index contributed by atoms with van der Waals surface area (Å²) >= 11 is 0. The molecule has 9 heteroatoms. The lowest BCUT2D eigenvalue weighted by Gasteiger charge is -2.25. The van der Waals surface area contributed by atoms with Crippen molar-refractivity contribution in [2.45, 2.75) is 39.3 Å². The van der Waals surface area contributed by atoms with Crippen molar-refractivity contribution in [3.05, 3.63) is 35.9 Å². The quantitative estimate of drug-likeness (QED) is 0.480. The monoisotopic (exact) mass is 425 g/mol. The zero-order valence-corrected chi connectivity index (χ0v) is 17.8. The van der Waals surface area contributed by atoms with E-state index in [1.54, 1.807) is 13.8 Å². The van der Waals surface area contributed by atoms with E-state index in [9.17, 15) is 19.2 Å². The number of hydroxylamine groups is 2. The Morgan fingerprint density at radius 2 is 1.76 bits per heavy atom. The number of carbonyl (C=O) groups is 4. The van der Waals surface area contributed by atoms with Crippen molar-refractivity contribution in [1.82, 2.24) is 10.4 Å². The molecule has 0 bridgehead atoms. The summed E-state index contributed by atoms with van der Waals surface area (Å²) in [6, 6.07) is 7.75. The van der Waals surface area contributed by atoms with Gasteiger partial charge in [-0.1, -0.05) is 51.1 Å². The standard InChI is InChI=1S/C20H27N3O5.ClH/c1-11(2)17(18(25)16-12(3)19(26)23(28-4)20(16)27)22-15(24)10-14(21)13-8-6-5-7-9-13;/h5-9,11-12,14,16-17H,10,21H2,1-4H3,(H,22,24);1H/t12-,14-,16+,17-;/m0./s1. The molecule has 1 aromatic rings. The van der Waals surface area contributed by atoms with Crippen LogP contribution in [0.5, 0.6) is 0 Å². The fourth-order valence-electron chi connectivity index (χ4n) is 3.33. The molecule has 160 valence electrons. The molecule has 1 saturated heterocycles. The fraction of sp³-hybridized carbons (Fsp3) is 0.500. The second-order valence-electron chi connectivity index (χ2n) is 7.33. The SMILES string of the molecule is CON1C(=O)[C@@H](C(=O)[C@@H](NC(=O)C[C@H](N)c2ccccc2)C(C)C)[C@H](C)C1=O.Cl. The van der Waals surface area contributed by atoms with E-state index >= 15 is 0 Å². The molecule has 8 nitrogen and oxygen atoms in total. The summed E-state index contributed by atoms with van der Waals surface area (Å²) in [7, 11) is 1.20. The van der Waals surface area contributed by atoms with E-state index < -0.39 is 47.4 Å². The molecule has 1 fully saturated rings. The number of nitrogens with zero attached hydrogens (tertiary/aromatic N) is 1. The van der Waals surface area contributed by atoms with Crippen molar-refractivity contribution in [3.63, 3.8) is 0 Å². The van der Waals surface area contributed by atoms with Crippen molar-refractivity contribution in [1.29, 1.82) is 0 Å². The molecule has 3 N–H and O–H groups in total. The second-order valence-corrected chi connectivity index (χ2v) is 7.33. The molecule has 4 atom stereocenters. The molecule has 1 aliphatic rings. The van der Waals surface area contributed by atoms with Gasteiger partial charge in [0.2, 0.25) is 5.91 Å². The van der Waals surface area contributed by atoms with Gasteiger partial charge in [0.1, 0.15) is 5.92 Å². The van der Waals surface area contributed by atoms with Gasteiger partial charge in [-0.2, -0.15) is 5.06 Å². The van der Waals surface area contributed by atoms with Gasteiger partial charge in [0.25, 0.3) is 11.8 Å². The van der Waals surface area contributed by atoms with Crippen LogP contribution < -0.4 is 11.1 Å². The highest BCUT2D eigenvalue weighted by Crippen LogP contribution is 2.29. The fourth-order valence-corrected chi connectivity index (χ4v) is 3.33. The first-order valence-corrected chi connectivity index (χ1v) is 9.24. The average Bonchev–Trinajstić information content (AvgIpc) is 2.88. The maximum absolute atomic E-state index is 13.0. The van der Waals surface area contributed by atoms with E-state index in [0.29, 0.717) is 5.06 Å². The largest absolute Gasteiger partial charge is 0.346 e. The summed E-state index contributed by atoms with van der Waals surface area (Å²) in [4.78, 5) is 54.8. The molecule has 29 heavy (non-hydrogen) atoms. The summed E-state index contributed by atoms with van der Waals surface area (Å²) in [5.74, 6) is -4.45. The summed E-state index contributed by atoms with van der Waals surface area (Å²) in [5, 5.41) is 3.30. The van der Waals surface area contributed by atoms with Gasteiger partial charge in [-0.3, -0.25) is 24.0 Å². The van der Waals surface area contributed by atoms with Crippen LogP contribution in [0.3, 0.4) is 0 Å². The molecule has 1 aliphatic heterocycles. The van der Waals surface area contributed by atoms with Gasteiger partial charge < -0.3 is 11.1 Å². The number of hydrogen-bond donors (Lipinski definition) is 2. The number of benzene rings is 1. The minimum atomic E-state index is -1.18. The van der Waals surface area contributed by atoms with Gasteiger partial charge in [0.05, 0.1) is 19.1 Å². The number of amides is 3. The Labute approximate surface area is 176 Å². The van der Waals surface area contributed by atoms with Gasteiger partial charge in [-0.25, -0.2) is 0 Å². The number of Topliss-reactive ketones (excluding diaryl/α,β-unsaturated/α-hetero) is 1. The average molecular weight is 426 g/mol. The third kappa shape index (κ3) is 5.41. The van der Waals surface area contributed by atoms with Crippen LogP contribution in [-0.2, 0) is 24.0 Å². The minimum Gasteiger partial charge on any atom is -0.346 e. The van der Waals surface area contributed by atoms with Crippen molar-refractivity contribution < 1.29 is 24.0 Å². The zero-order chi connectivity index (χ0) is 21.0. The van der Waals surface area contributed by atoms with Crippen LogP contribution in [0.4, 0.5) is 0 Å². The van der Waals surface area contributed by atoms with Crippen LogP contribution in [0.1, 0.15) is 38.8 Å². The first-order chi connectivity index (χ1) is 13.2. The van der Waals surface area contributed by atoms with E-state index in [0.717, 1.165) is 5.56 Å². The number of rotatable bonds is 8. The predicted molar refractivity (Wildman–Crippen MR) is 109 cm³/mol. The molecule has 1 heterocycles. The first kappa shape index (κ1) is 24.7. The third-order valence-electron chi connectivity index (χ3n) is 4.97. The Kier molecular flexibility index (Phi) is 8.94. The van der Waals surface area contributed by atoms with Gasteiger partial charge in [0, 0.05) is 12.5 Å². The summed E-state index contributed by atoms with van der Waals surface area (Å²) in [6.07, 6.45) is -0.00218. The van der Waals surface area contributed by atoms with Crippen molar-refractivity contribution in [2.75, 3.05) is 7.11 Å². The second kappa shape index (κ2) is 10.5. The van der Waals surface area contributed by atoms with Gasteiger partial charge in [0.15, 0.2) is 5.78 Å². The molecule has 3 amide bonds. The maximum atomic E-state index is 13.0. The topological polar surface area (TPSA) is 119 Å². The number of nitrogens with one attached hydrogen (secondary N) is 1. The van der Waals surface area contributed by atoms with E-state index in [2.05, 4.69) is 5.32 Å². The highest BCUT2D eigenvalue weighted by Gasteiger charge is 2.51. The Balaban J connectivity index is 0.00000420. The molecule has 0 radical (unpaired) electrons. The number of nitrogens with two attached hydrogens (primary N) is 1. The molecule has 0 spiro atoms. The lowest BCUT2D eigenvalue weighted by Crippen LogP contribution is -2.49. The number of carbonyl (C=O) groups excluding carboxylic acids is 4.